The Kier molecular flexibility index (Phi) is 6.69. The van der Waals surface area contributed by atoms with Crippen LogP contribution >= 0.6 is 0 Å². The molecule has 2 fully saturated rings. The van der Waals surface area contributed by atoms with E-state index >= 15 is 0 Å². The molecule has 0 aromatic carbocycles. The second-order valence-corrected chi connectivity index (χ2v) is 7.03. The van der Waals surface area contributed by atoms with E-state index in [1.165, 1.54) is 19.3 Å². The maximum Gasteiger partial charge on any atom is 0.317 e. The number of carboxylic acid groups (broad SMARTS) is 1. The van der Waals surface area contributed by atoms with Crippen LogP contribution in [-0.4, -0.2) is 53.2 Å². The van der Waals surface area contributed by atoms with Crippen LogP contribution in [0.5, 0.6) is 0 Å². The summed E-state index contributed by atoms with van der Waals surface area (Å²) < 4.78 is 0. The molecular formula is C17H31N3O3. The van der Waals surface area contributed by atoms with Gasteiger partial charge in [0.15, 0.2) is 0 Å². The molecule has 2 unspecified atom stereocenters. The highest BCUT2D eigenvalue weighted by molar-refractivity contribution is 5.74. The number of hydrogen-bond acceptors (Lipinski definition) is 3. The summed E-state index contributed by atoms with van der Waals surface area (Å²) in [5, 5.41) is 15.0. The number of aliphatic carboxylic acids is 1. The van der Waals surface area contributed by atoms with E-state index in [0.29, 0.717) is 6.04 Å². The number of urea groups is 1. The molecular weight excluding hydrogens is 294 g/mol. The molecule has 0 radical (unpaired) electrons. The third-order valence-corrected chi connectivity index (χ3v) is 5.40. The smallest absolute Gasteiger partial charge is 0.317 e. The topological polar surface area (TPSA) is 81.7 Å². The Morgan fingerprint density at radius 3 is 2.39 bits per heavy atom. The number of nitrogens with one attached hydrogen (secondary N) is 2. The third kappa shape index (κ3) is 5.37. The predicted molar refractivity (Wildman–Crippen MR) is 89.4 cm³/mol. The molecule has 2 atom stereocenters. The quantitative estimate of drug-likeness (QED) is 0.670. The molecule has 0 saturated heterocycles. The summed E-state index contributed by atoms with van der Waals surface area (Å²) in [7, 11) is 0. The van der Waals surface area contributed by atoms with Gasteiger partial charge in [0.2, 0.25) is 0 Å². The monoisotopic (exact) mass is 325 g/mol. The first-order valence-electron chi connectivity index (χ1n) is 9.04. The van der Waals surface area contributed by atoms with E-state index < -0.39 is 5.97 Å². The molecule has 23 heavy (non-hydrogen) atoms. The number of hydrogen-bond donors (Lipinski definition) is 3. The number of likely N-dealkylation sites (N-methyl/N-ethyl adjacent to an activating group) is 1. The van der Waals surface area contributed by atoms with Crippen molar-refractivity contribution < 1.29 is 14.7 Å². The van der Waals surface area contributed by atoms with Crippen LogP contribution in [0.3, 0.4) is 0 Å². The van der Waals surface area contributed by atoms with Crippen molar-refractivity contribution in [1.29, 1.82) is 0 Å². The van der Waals surface area contributed by atoms with Crippen molar-refractivity contribution in [3.63, 3.8) is 0 Å². The van der Waals surface area contributed by atoms with Gasteiger partial charge in [-0.1, -0.05) is 33.1 Å². The maximum atomic E-state index is 12.1. The summed E-state index contributed by atoms with van der Waals surface area (Å²) in [6, 6.07) is 0.703. The van der Waals surface area contributed by atoms with E-state index in [0.717, 1.165) is 38.1 Å². The number of carboxylic acids is 1. The average molecular weight is 325 g/mol. The minimum absolute atomic E-state index is 0.0588. The zero-order chi connectivity index (χ0) is 16.8. The number of carbonyl (C=O) groups is 2. The van der Waals surface area contributed by atoms with Crippen molar-refractivity contribution >= 4 is 12.0 Å². The Hall–Kier alpha value is -1.30. The molecule has 2 aliphatic carbocycles. The van der Waals surface area contributed by atoms with Gasteiger partial charge in [-0.15, -0.1) is 0 Å². The molecule has 3 N–H and O–H groups in total. The summed E-state index contributed by atoms with van der Waals surface area (Å²) in [4.78, 5) is 24.9. The van der Waals surface area contributed by atoms with Crippen LogP contribution in [-0.2, 0) is 4.79 Å². The lowest BCUT2D eigenvalue weighted by Gasteiger charge is -2.42. The van der Waals surface area contributed by atoms with Crippen molar-refractivity contribution in [2.24, 2.45) is 5.92 Å². The van der Waals surface area contributed by atoms with Gasteiger partial charge in [0, 0.05) is 18.1 Å². The largest absolute Gasteiger partial charge is 0.480 e. The van der Waals surface area contributed by atoms with Crippen molar-refractivity contribution in [1.82, 2.24) is 15.5 Å². The molecule has 0 bridgehead atoms. The number of rotatable bonds is 7. The SMILES string of the molecule is CCC1CCCC(NC(=O)NC2CC(N(CC)CC(=O)O)C2)C1. The molecule has 6 nitrogen and oxygen atoms in total. The van der Waals surface area contributed by atoms with Gasteiger partial charge in [-0.3, -0.25) is 9.69 Å². The summed E-state index contributed by atoms with van der Waals surface area (Å²) in [6.45, 7) is 5.01. The van der Waals surface area contributed by atoms with Crippen LogP contribution in [0, 0.1) is 5.92 Å². The minimum atomic E-state index is -0.788. The van der Waals surface area contributed by atoms with Crippen LogP contribution < -0.4 is 10.6 Å². The lowest BCUT2D eigenvalue weighted by Crippen LogP contribution is -2.57. The first kappa shape index (κ1) is 18.0. The van der Waals surface area contributed by atoms with E-state index in [1.807, 2.05) is 11.8 Å². The molecule has 0 spiro atoms. The van der Waals surface area contributed by atoms with Gasteiger partial charge < -0.3 is 15.7 Å². The number of amides is 2. The average Bonchev–Trinajstić information content (AvgIpc) is 2.48. The van der Waals surface area contributed by atoms with Crippen molar-refractivity contribution in [2.75, 3.05) is 13.1 Å². The second kappa shape index (κ2) is 8.52. The molecule has 2 rings (SSSR count). The second-order valence-electron chi connectivity index (χ2n) is 7.03. The Balaban J connectivity index is 1.66. The van der Waals surface area contributed by atoms with Crippen LogP contribution in [0.25, 0.3) is 0 Å². The maximum absolute atomic E-state index is 12.1. The molecule has 6 heteroatoms. The Morgan fingerprint density at radius 2 is 1.78 bits per heavy atom. The standard InChI is InChI=1S/C17H31N3O3/c1-3-12-6-5-7-13(8-12)18-17(23)19-14-9-15(10-14)20(4-2)11-16(21)22/h12-15H,3-11H2,1-2H3,(H,21,22)(H2,18,19,23). The molecule has 0 aliphatic heterocycles. The van der Waals surface area contributed by atoms with E-state index in [4.69, 9.17) is 5.11 Å². The first-order chi connectivity index (χ1) is 11.0. The Morgan fingerprint density at radius 1 is 1.09 bits per heavy atom. The van der Waals surface area contributed by atoms with Crippen molar-refractivity contribution in [3.8, 4) is 0 Å². The fraction of sp³-hybridized carbons (Fsp3) is 0.882. The van der Waals surface area contributed by atoms with E-state index in [-0.39, 0.29) is 24.7 Å². The van der Waals surface area contributed by atoms with Gasteiger partial charge in [0.1, 0.15) is 0 Å². The highest BCUT2D eigenvalue weighted by Gasteiger charge is 2.35. The van der Waals surface area contributed by atoms with Gasteiger partial charge >= 0.3 is 12.0 Å². The summed E-state index contributed by atoms with van der Waals surface area (Å²) in [5.74, 6) is -0.0416. The van der Waals surface area contributed by atoms with Crippen LogP contribution in [0.1, 0.15) is 58.8 Å². The highest BCUT2D eigenvalue weighted by atomic mass is 16.4. The number of nitrogens with zero attached hydrogens (tertiary/aromatic N) is 1. The van der Waals surface area contributed by atoms with Crippen LogP contribution in [0.4, 0.5) is 4.79 Å². The normalized spacial score (nSPS) is 30.6. The fourth-order valence-corrected chi connectivity index (χ4v) is 3.88. The zero-order valence-corrected chi connectivity index (χ0v) is 14.4. The Bertz CT molecular complexity index is 410. The van der Waals surface area contributed by atoms with Gasteiger partial charge in [-0.25, -0.2) is 4.79 Å². The molecule has 2 amide bonds. The molecule has 132 valence electrons. The van der Waals surface area contributed by atoms with Gasteiger partial charge in [0.05, 0.1) is 6.54 Å². The Labute approximate surface area is 139 Å². The predicted octanol–water partition coefficient (Wildman–Crippen LogP) is 2.19. The van der Waals surface area contributed by atoms with Crippen molar-refractivity contribution in [2.45, 2.75) is 76.9 Å². The van der Waals surface area contributed by atoms with Gasteiger partial charge in [-0.2, -0.15) is 0 Å². The molecule has 0 aromatic rings. The lowest BCUT2D eigenvalue weighted by molar-refractivity contribution is -0.139. The van der Waals surface area contributed by atoms with E-state index in [2.05, 4.69) is 17.6 Å². The van der Waals surface area contributed by atoms with Crippen LogP contribution in [0.15, 0.2) is 0 Å². The fourth-order valence-electron chi connectivity index (χ4n) is 3.88. The molecule has 2 aliphatic rings. The minimum Gasteiger partial charge on any atom is -0.480 e. The van der Waals surface area contributed by atoms with E-state index in [1.54, 1.807) is 0 Å². The van der Waals surface area contributed by atoms with Crippen molar-refractivity contribution in [3.05, 3.63) is 0 Å². The molecule has 2 saturated carbocycles. The van der Waals surface area contributed by atoms with Crippen LogP contribution in [0.2, 0.25) is 0 Å². The molecule has 0 heterocycles. The first-order valence-corrected chi connectivity index (χ1v) is 9.04. The zero-order valence-electron chi connectivity index (χ0n) is 14.4. The summed E-state index contributed by atoms with van der Waals surface area (Å²) in [5.41, 5.74) is 0. The highest BCUT2D eigenvalue weighted by Crippen LogP contribution is 2.27. The van der Waals surface area contributed by atoms with E-state index in [9.17, 15) is 9.59 Å². The van der Waals surface area contributed by atoms with Gasteiger partial charge in [-0.05, 0) is 38.1 Å². The molecule has 0 aromatic heterocycles. The lowest BCUT2D eigenvalue weighted by atomic mass is 9.84. The number of carbonyl (C=O) groups excluding carboxylic acids is 1. The summed E-state index contributed by atoms with van der Waals surface area (Å²) in [6.07, 6.45) is 7.56. The van der Waals surface area contributed by atoms with Gasteiger partial charge in [0.25, 0.3) is 0 Å². The summed E-state index contributed by atoms with van der Waals surface area (Å²) >= 11 is 0. The third-order valence-electron chi connectivity index (χ3n) is 5.40.